The molecule has 0 unspecified atom stereocenters. The molecule has 8 heteroatoms. The first kappa shape index (κ1) is 22.3. The van der Waals surface area contributed by atoms with Crippen LogP contribution in [0.25, 0.3) is 0 Å². The molecule has 0 bridgehead atoms. The molecule has 0 amide bonds. The predicted octanol–water partition coefficient (Wildman–Crippen LogP) is 6.21. The van der Waals surface area contributed by atoms with E-state index in [1.807, 2.05) is 19.1 Å². The Bertz CT molecular complexity index is 1020. The number of nitrogens with one attached hydrogen (secondary N) is 1. The predicted molar refractivity (Wildman–Crippen MR) is 135 cm³/mol. The minimum Gasteiger partial charge on any atom is -0.366 e. The lowest BCUT2D eigenvalue weighted by molar-refractivity contribution is 0.597. The second kappa shape index (κ2) is 10.2. The molecule has 1 fully saturated rings. The Balaban J connectivity index is 1.39. The molecule has 0 radical (unpaired) electrons. The highest BCUT2D eigenvalue weighted by Crippen LogP contribution is 2.36. The Morgan fingerprint density at radius 3 is 2.29 bits per heavy atom. The topological polar surface area (TPSA) is 21.8 Å². The van der Waals surface area contributed by atoms with Gasteiger partial charge in [-0.3, -0.25) is 4.31 Å². The van der Waals surface area contributed by atoms with E-state index in [-0.39, 0.29) is 5.82 Å². The van der Waals surface area contributed by atoms with Crippen LogP contribution in [0.2, 0.25) is 0 Å². The number of nitrogens with zero attached hydrogens (tertiary/aromatic N) is 3. The van der Waals surface area contributed by atoms with Crippen LogP contribution in [-0.2, 0) is 0 Å². The van der Waals surface area contributed by atoms with E-state index in [0.717, 1.165) is 37.4 Å². The summed E-state index contributed by atoms with van der Waals surface area (Å²) in [7, 11) is 4.11. The summed E-state index contributed by atoms with van der Waals surface area (Å²) in [6, 6.07) is 18.2. The molecule has 3 aromatic rings. The first-order valence-electron chi connectivity index (χ1n) is 10.2. The highest BCUT2D eigenvalue weighted by atomic mass is 32.2. The molecule has 2 heterocycles. The fraction of sp³-hybridized carbons (Fsp3) is 0.304. The van der Waals surface area contributed by atoms with Gasteiger partial charge in [-0.15, -0.1) is 11.3 Å². The zero-order valence-corrected chi connectivity index (χ0v) is 20.4. The largest absolute Gasteiger partial charge is 0.366 e. The van der Waals surface area contributed by atoms with Crippen molar-refractivity contribution >= 4 is 52.3 Å². The molecule has 0 spiro atoms. The van der Waals surface area contributed by atoms with Crippen molar-refractivity contribution in [3.8, 4) is 0 Å². The molecule has 2 aromatic carbocycles. The first-order chi connectivity index (χ1) is 15.0. The molecule has 164 valence electrons. The number of benzene rings is 2. The average Bonchev–Trinajstić information content (AvgIpc) is 3.19. The van der Waals surface area contributed by atoms with Gasteiger partial charge < -0.3 is 14.5 Å². The third-order valence-electron chi connectivity index (χ3n) is 5.06. The number of anilines is 3. The number of rotatable bonds is 7. The minimum absolute atomic E-state index is 0.130. The van der Waals surface area contributed by atoms with Crippen molar-refractivity contribution in [3.05, 3.63) is 66.0 Å². The molecular formula is C23H27FN4S3. The van der Waals surface area contributed by atoms with Gasteiger partial charge in [0, 0.05) is 26.2 Å². The Morgan fingerprint density at radius 1 is 0.903 bits per heavy atom. The molecule has 4 nitrogen and oxygen atoms in total. The molecule has 1 N–H and O–H groups in total. The summed E-state index contributed by atoms with van der Waals surface area (Å²) in [4.78, 5) is 4.53. The van der Waals surface area contributed by atoms with E-state index < -0.39 is 0 Å². The molecule has 1 aliphatic rings. The Morgan fingerprint density at radius 2 is 1.58 bits per heavy atom. The number of piperazine rings is 1. The van der Waals surface area contributed by atoms with Crippen molar-refractivity contribution in [1.82, 2.24) is 4.31 Å². The van der Waals surface area contributed by atoms with Gasteiger partial charge in [0.15, 0.2) is 0 Å². The third kappa shape index (κ3) is 5.68. The molecule has 1 aliphatic heterocycles. The molecule has 31 heavy (non-hydrogen) atoms. The molecule has 4 rings (SSSR count). The Kier molecular flexibility index (Phi) is 7.32. The van der Waals surface area contributed by atoms with Crippen LogP contribution < -0.4 is 14.5 Å². The third-order valence-corrected chi connectivity index (χ3v) is 8.05. The average molecular weight is 475 g/mol. The van der Waals surface area contributed by atoms with Crippen LogP contribution in [0.5, 0.6) is 0 Å². The quantitative estimate of drug-likeness (QED) is 0.408. The summed E-state index contributed by atoms with van der Waals surface area (Å²) >= 11 is 5.18. The molecule has 0 saturated carbocycles. The Labute approximate surface area is 196 Å². The van der Waals surface area contributed by atoms with Crippen LogP contribution in [0.15, 0.2) is 63.0 Å². The van der Waals surface area contributed by atoms with Gasteiger partial charge in [0.2, 0.25) is 0 Å². The normalized spacial score (nSPS) is 14.4. The van der Waals surface area contributed by atoms with Crippen molar-refractivity contribution in [1.29, 1.82) is 0 Å². The molecular weight excluding hydrogens is 447 g/mol. The van der Waals surface area contributed by atoms with Crippen LogP contribution in [0, 0.1) is 12.7 Å². The summed E-state index contributed by atoms with van der Waals surface area (Å²) in [5.41, 5.74) is 3.96. The maximum atomic E-state index is 14.4. The highest BCUT2D eigenvalue weighted by molar-refractivity contribution is 8.03. The van der Waals surface area contributed by atoms with Gasteiger partial charge in [0.05, 0.1) is 25.5 Å². The number of halogens is 1. The SMILES string of the molecule is Cc1ccc(N2CCN(c3ccccc3NSc3ccc(SN(C)C)s3)CC2)c(F)c1. The zero-order valence-electron chi connectivity index (χ0n) is 18.0. The van der Waals surface area contributed by atoms with Gasteiger partial charge in [-0.25, -0.2) is 4.39 Å². The highest BCUT2D eigenvalue weighted by Gasteiger charge is 2.21. The summed E-state index contributed by atoms with van der Waals surface area (Å²) in [6.45, 7) is 5.25. The lowest BCUT2D eigenvalue weighted by Gasteiger charge is -2.38. The number of hydrogen-bond acceptors (Lipinski definition) is 7. The summed E-state index contributed by atoms with van der Waals surface area (Å²) in [5.74, 6) is -0.130. The lowest BCUT2D eigenvalue weighted by atomic mass is 10.1. The Hall–Kier alpha value is -1.87. The van der Waals surface area contributed by atoms with Crippen molar-refractivity contribution in [2.45, 2.75) is 15.3 Å². The molecule has 0 atom stereocenters. The molecule has 0 aliphatic carbocycles. The number of thiophene rings is 1. The summed E-state index contributed by atoms with van der Waals surface area (Å²) in [6.07, 6.45) is 0. The zero-order chi connectivity index (χ0) is 21.8. The maximum Gasteiger partial charge on any atom is 0.146 e. The smallest absolute Gasteiger partial charge is 0.146 e. The standard InChI is InChI=1S/C23H27FN4S3/c1-17-8-9-20(18(24)16-17)27-12-14-28(15-13-27)21-7-5-4-6-19(21)25-30-22-10-11-23(29-22)31-26(2)3/h4-11,16,25H,12-15H2,1-3H3. The van der Waals surface area contributed by atoms with E-state index in [1.165, 1.54) is 14.1 Å². The van der Waals surface area contributed by atoms with E-state index in [2.05, 4.69) is 69.3 Å². The van der Waals surface area contributed by atoms with Crippen molar-refractivity contribution in [3.63, 3.8) is 0 Å². The number of aryl methyl sites for hydroxylation is 1. The van der Waals surface area contributed by atoms with E-state index in [9.17, 15) is 4.39 Å². The van der Waals surface area contributed by atoms with Crippen molar-refractivity contribution < 1.29 is 4.39 Å². The molecule has 1 saturated heterocycles. The van der Waals surface area contributed by atoms with Gasteiger partial charge >= 0.3 is 0 Å². The second-order valence-corrected chi connectivity index (χ2v) is 11.4. The van der Waals surface area contributed by atoms with E-state index >= 15 is 0 Å². The van der Waals surface area contributed by atoms with Gasteiger partial charge in [0.25, 0.3) is 0 Å². The fourth-order valence-corrected chi connectivity index (χ4v) is 6.65. The van der Waals surface area contributed by atoms with Crippen molar-refractivity contribution in [2.75, 3.05) is 54.8 Å². The van der Waals surface area contributed by atoms with Crippen LogP contribution in [-0.4, -0.2) is 44.6 Å². The van der Waals surface area contributed by atoms with Crippen molar-refractivity contribution in [2.24, 2.45) is 0 Å². The van der Waals surface area contributed by atoms with Gasteiger partial charge in [-0.05, 0) is 86.9 Å². The number of para-hydroxylation sites is 2. The van der Waals surface area contributed by atoms with E-state index in [0.29, 0.717) is 5.69 Å². The molecule has 1 aromatic heterocycles. The van der Waals surface area contributed by atoms with Gasteiger partial charge in [-0.2, -0.15) is 0 Å². The first-order valence-corrected chi connectivity index (χ1v) is 12.6. The monoisotopic (exact) mass is 474 g/mol. The lowest BCUT2D eigenvalue weighted by Crippen LogP contribution is -2.47. The minimum atomic E-state index is -0.130. The summed E-state index contributed by atoms with van der Waals surface area (Å²) in [5, 5.41) is 0. The van der Waals surface area contributed by atoms with Gasteiger partial charge in [-0.1, -0.05) is 18.2 Å². The summed E-state index contributed by atoms with van der Waals surface area (Å²) < 4.78 is 22.5. The van der Waals surface area contributed by atoms with Crippen LogP contribution in [0.1, 0.15) is 5.56 Å². The van der Waals surface area contributed by atoms with Crippen LogP contribution >= 0.6 is 35.2 Å². The van der Waals surface area contributed by atoms with E-state index in [4.69, 9.17) is 0 Å². The fourth-order valence-electron chi connectivity index (χ4n) is 3.58. The van der Waals surface area contributed by atoms with Crippen LogP contribution in [0.4, 0.5) is 21.5 Å². The number of hydrogen-bond donors (Lipinski definition) is 1. The van der Waals surface area contributed by atoms with Crippen LogP contribution in [0.3, 0.4) is 0 Å². The van der Waals surface area contributed by atoms with E-state index in [1.54, 1.807) is 41.3 Å². The maximum absolute atomic E-state index is 14.4. The van der Waals surface area contributed by atoms with Gasteiger partial charge in [0.1, 0.15) is 5.82 Å². The second-order valence-electron chi connectivity index (χ2n) is 7.63.